The number of aliphatic hydroxyl groups is 3. The van der Waals surface area contributed by atoms with Gasteiger partial charge in [0.05, 0.1) is 44.0 Å². The summed E-state index contributed by atoms with van der Waals surface area (Å²) in [4.78, 5) is 28.4. The van der Waals surface area contributed by atoms with Gasteiger partial charge in [-0.15, -0.1) is 0 Å². The van der Waals surface area contributed by atoms with Gasteiger partial charge in [0.1, 0.15) is 18.1 Å². The zero-order valence-electron chi connectivity index (χ0n) is 29.7. The first kappa shape index (κ1) is 39.3. The van der Waals surface area contributed by atoms with Crippen LogP contribution in [0.2, 0.25) is 0 Å². The van der Waals surface area contributed by atoms with Crippen molar-refractivity contribution in [1.29, 1.82) is 0 Å². The number of ether oxygens (including phenoxy) is 3. The number of carbonyl (C=O) groups is 2. The summed E-state index contributed by atoms with van der Waals surface area (Å²) in [6.07, 6.45) is 12.0. The molecule has 0 aromatic heterocycles. The van der Waals surface area contributed by atoms with E-state index < -0.39 is 12.2 Å². The summed E-state index contributed by atoms with van der Waals surface area (Å²) in [6, 6.07) is 7.22. The van der Waals surface area contributed by atoms with Gasteiger partial charge >= 0.3 is 5.97 Å². The summed E-state index contributed by atoms with van der Waals surface area (Å²) in [6.45, 7) is 11.5. The maximum Gasteiger partial charge on any atom is 0.308 e. The Kier molecular flexibility index (Phi) is 16.7. The molecule has 9 heteroatoms. The predicted octanol–water partition coefficient (Wildman–Crippen LogP) is 6.07. The van der Waals surface area contributed by atoms with Gasteiger partial charge in [-0.1, -0.05) is 78.2 Å². The van der Waals surface area contributed by atoms with E-state index in [-0.39, 0.29) is 69.0 Å². The Bertz CT molecular complexity index is 1220. The highest BCUT2D eigenvalue weighted by Gasteiger charge is 2.37. The molecule has 0 fully saturated rings. The Morgan fingerprint density at radius 2 is 1.62 bits per heavy atom. The van der Waals surface area contributed by atoms with Gasteiger partial charge in [0.2, 0.25) is 0 Å². The van der Waals surface area contributed by atoms with E-state index in [4.69, 9.17) is 19.3 Å². The average molecular weight is 670 g/mol. The third kappa shape index (κ3) is 11.8. The number of nitrogens with zero attached hydrogens (tertiary/aromatic N) is 1. The molecule has 9 nitrogen and oxygen atoms in total. The molecule has 0 saturated heterocycles. The second kappa shape index (κ2) is 20.4. The molecule has 2 aliphatic rings. The number of esters is 1. The molecule has 1 aliphatic carbocycles. The number of carbonyl (C=O) groups excluding carboxylic acids is 2. The zero-order chi connectivity index (χ0) is 35.1. The number of hydrogen-bond acceptors (Lipinski definition) is 8. The Morgan fingerprint density at radius 1 is 0.917 bits per heavy atom. The van der Waals surface area contributed by atoms with Crippen molar-refractivity contribution in [2.24, 2.45) is 23.7 Å². The van der Waals surface area contributed by atoms with Gasteiger partial charge in [0.15, 0.2) is 0 Å². The molecule has 1 heterocycles. The van der Waals surface area contributed by atoms with Gasteiger partial charge in [-0.05, 0) is 60.9 Å². The molecular formula is C39H59NO8. The van der Waals surface area contributed by atoms with Crippen molar-refractivity contribution in [3.05, 3.63) is 59.9 Å². The Hall–Kier alpha value is -3.14. The van der Waals surface area contributed by atoms with Crippen LogP contribution < -0.4 is 4.74 Å². The van der Waals surface area contributed by atoms with Crippen LogP contribution in [0.1, 0.15) is 91.5 Å². The summed E-state index contributed by atoms with van der Waals surface area (Å²) < 4.78 is 16.9. The molecular weight excluding hydrogens is 610 g/mol. The van der Waals surface area contributed by atoms with Crippen LogP contribution >= 0.6 is 0 Å². The van der Waals surface area contributed by atoms with Gasteiger partial charge in [0.25, 0.3) is 5.91 Å². The summed E-state index contributed by atoms with van der Waals surface area (Å²) in [5.41, 5.74) is 1.48. The van der Waals surface area contributed by atoms with Crippen LogP contribution in [-0.4, -0.2) is 83.3 Å². The van der Waals surface area contributed by atoms with E-state index >= 15 is 0 Å². The lowest BCUT2D eigenvalue weighted by Crippen LogP contribution is -2.49. The number of hydrogen-bond donors (Lipinski definition) is 3. The minimum absolute atomic E-state index is 0.0187. The Morgan fingerprint density at radius 3 is 2.25 bits per heavy atom. The SMILES string of the molecule is CCCCC(CC)CN1C(=O)C(c2ccc(OCCO)cc2)=CC2C=CC(OCCC(O)C(O)CCOC(=O)C(CC)CC(C)C)=CC21. The third-order valence-electron chi connectivity index (χ3n) is 9.31. The molecule has 3 rings (SSSR count). The monoisotopic (exact) mass is 669 g/mol. The van der Waals surface area contributed by atoms with Crippen LogP contribution in [0.5, 0.6) is 5.75 Å². The number of unbranched alkanes of at least 4 members (excludes halogenated alkanes) is 1. The van der Waals surface area contributed by atoms with Gasteiger partial charge in [-0.2, -0.15) is 0 Å². The molecule has 6 unspecified atom stereocenters. The van der Waals surface area contributed by atoms with Gasteiger partial charge in [-0.3, -0.25) is 9.59 Å². The maximum atomic E-state index is 14.1. The molecule has 6 atom stereocenters. The molecule has 48 heavy (non-hydrogen) atoms. The van der Waals surface area contributed by atoms with E-state index in [1.807, 2.05) is 54.3 Å². The first-order valence-corrected chi connectivity index (χ1v) is 18.0. The van der Waals surface area contributed by atoms with Crippen LogP contribution in [0.4, 0.5) is 0 Å². The second-order valence-corrected chi connectivity index (χ2v) is 13.5. The van der Waals surface area contributed by atoms with Crippen molar-refractivity contribution in [3.8, 4) is 5.75 Å². The van der Waals surface area contributed by atoms with Gasteiger partial charge < -0.3 is 34.4 Å². The van der Waals surface area contributed by atoms with E-state index in [0.717, 1.165) is 37.7 Å². The normalized spacial score (nSPS) is 20.0. The summed E-state index contributed by atoms with van der Waals surface area (Å²) in [5, 5.41) is 30.1. The van der Waals surface area contributed by atoms with E-state index in [1.54, 1.807) is 0 Å². The van der Waals surface area contributed by atoms with Crippen LogP contribution in [-0.2, 0) is 19.1 Å². The van der Waals surface area contributed by atoms with E-state index in [1.165, 1.54) is 0 Å². The lowest BCUT2D eigenvalue weighted by atomic mass is 9.84. The topological polar surface area (TPSA) is 126 Å². The first-order valence-electron chi connectivity index (χ1n) is 18.0. The van der Waals surface area contributed by atoms with Crippen LogP contribution in [0.25, 0.3) is 5.57 Å². The minimum atomic E-state index is -1.04. The van der Waals surface area contributed by atoms with Crippen molar-refractivity contribution in [1.82, 2.24) is 4.90 Å². The number of aliphatic hydroxyl groups excluding tert-OH is 3. The highest BCUT2D eigenvalue weighted by Crippen LogP contribution is 2.35. The summed E-state index contributed by atoms with van der Waals surface area (Å²) in [5.74, 6) is 1.60. The highest BCUT2D eigenvalue weighted by atomic mass is 16.5. The molecule has 3 N–H and O–H groups in total. The van der Waals surface area contributed by atoms with Crippen molar-refractivity contribution in [2.45, 2.75) is 104 Å². The first-order chi connectivity index (χ1) is 23.1. The largest absolute Gasteiger partial charge is 0.494 e. The fraction of sp³-hybridized carbons (Fsp3) is 0.641. The summed E-state index contributed by atoms with van der Waals surface area (Å²) >= 11 is 0. The third-order valence-corrected chi connectivity index (χ3v) is 9.31. The average Bonchev–Trinajstić information content (AvgIpc) is 3.08. The number of benzene rings is 1. The van der Waals surface area contributed by atoms with Crippen molar-refractivity contribution < 1.29 is 39.1 Å². The summed E-state index contributed by atoms with van der Waals surface area (Å²) in [7, 11) is 0. The van der Waals surface area contributed by atoms with Crippen LogP contribution in [0, 0.1) is 23.7 Å². The number of amides is 1. The Balaban J connectivity index is 1.63. The Labute approximate surface area is 287 Å². The smallest absolute Gasteiger partial charge is 0.308 e. The van der Waals surface area contributed by atoms with Crippen molar-refractivity contribution >= 4 is 17.4 Å². The maximum absolute atomic E-state index is 14.1. The van der Waals surface area contributed by atoms with Crippen LogP contribution in [0.15, 0.2) is 54.3 Å². The number of allylic oxidation sites excluding steroid dienone is 1. The lowest BCUT2D eigenvalue weighted by Gasteiger charge is -2.41. The quantitative estimate of drug-likeness (QED) is 0.127. The predicted molar refractivity (Wildman–Crippen MR) is 188 cm³/mol. The van der Waals surface area contributed by atoms with E-state index in [9.17, 15) is 19.8 Å². The fourth-order valence-electron chi connectivity index (χ4n) is 6.35. The number of fused-ring (bicyclic) bond motifs is 1. The highest BCUT2D eigenvalue weighted by molar-refractivity contribution is 6.20. The van der Waals surface area contributed by atoms with E-state index in [2.05, 4.69) is 33.8 Å². The molecule has 0 radical (unpaired) electrons. The van der Waals surface area contributed by atoms with Crippen LogP contribution in [0.3, 0.4) is 0 Å². The minimum Gasteiger partial charge on any atom is -0.494 e. The molecule has 0 bridgehead atoms. The molecule has 1 aliphatic heterocycles. The van der Waals surface area contributed by atoms with Crippen molar-refractivity contribution in [3.63, 3.8) is 0 Å². The van der Waals surface area contributed by atoms with E-state index in [0.29, 0.717) is 41.9 Å². The van der Waals surface area contributed by atoms with Gasteiger partial charge in [-0.25, -0.2) is 0 Å². The zero-order valence-corrected chi connectivity index (χ0v) is 29.7. The van der Waals surface area contributed by atoms with Crippen molar-refractivity contribution in [2.75, 3.05) is 33.0 Å². The molecule has 1 amide bonds. The second-order valence-electron chi connectivity index (χ2n) is 13.5. The number of rotatable bonds is 22. The molecule has 0 spiro atoms. The molecule has 268 valence electrons. The van der Waals surface area contributed by atoms with Gasteiger partial charge in [0, 0.05) is 30.9 Å². The molecule has 1 aromatic rings. The lowest BCUT2D eigenvalue weighted by molar-refractivity contribution is -0.150. The standard InChI is InChI=1S/C39H59NO8/c1-6-9-10-28(7-2)26-40-35-25-33(46-20-17-36(42)37(43)18-21-48-39(45)29(8-3)23-27(4)5)16-13-31(35)24-34(38(40)44)30-11-14-32(15-12-30)47-22-19-41/h11-16,24-25,27-29,31,35-37,41-43H,6-10,17-23,26H2,1-5H3. The molecule has 1 aromatic carbocycles. The fourth-order valence-corrected chi connectivity index (χ4v) is 6.35. The molecule has 0 saturated carbocycles.